The summed E-state index contributed by atoms with van der Waals surface area (Å²) in [4.78, 5) is 46.2. The third kappa shape index (κ3) is 3.45. The molecule has 0 radical (unpaired) electrons. The van der Waals surface area contributed by atoms with Crippen molar-refractivity contribution in [2.45, 2.75) is 66.0 Å². The van der Waals surface area contributed by atoms with Crippen LogP contribution in [0.3, 0.4) is 0 Å². The van der Waals surface area contributed by atoms with Gasteiger partial charge in [-0.3, -0.25) is 19.5 Å². The van der Waals surface area contributed by atoms with Crippen LogP contribution in [0.15, 0.2) is 10.9 Å². The van der Waals surface area contributed by atoms with E-state index in [0.29, 0.717) is 24.2 Å². The number of likely N-dealkylation sites (tertiary alicyclic amines) is 1. The van der Waals surface area contributed by atoms with E-state index in [4.69, 9.17) is 4.98 Å². The van der Waals surface area contributed by atoms with Gasteiger partial charge in [-0.05, 0) is 19.3 Å². The van der Waals surface area contributed by atoms with Gasteiger partial charge >= 0.3 is 0 Å². The highest BCUT2D eigenvalue weighted by Crippen LogP contribution is 2.30. The van der Waals surface area contributed by atoms with Crippen molar-refractivity contribution in [2.24, 2.45) is 5.41 Å². The minimum Gasteiger partial charge on any atom is -0.337 e. The van der Waals surface area contributed by atoms with Crippen molar-refractivity contribution >= 4 is 17.5 Å². The number of H-pyrrole nitrogens is 1. The van der Waals surface area contributed by atoms with E-state index in [1.807, 2.05) is 31.7 Å². The van der Waals surface area contributed by atoms with Gasteiger partial charge in [0.25, 0.3) is 5.56 Å². The lowest BCUT2D eigenvalue weighted by atomic mass is 9.93. The average molecular weight is 399 g/mol. The fraction of sp³-hybridized carbons (Fsp3) is 0.619. The Morgan fingerprint density at radius 3 is 2.66 bits per heavy atom. The molecular weight excluding hydrogens is 370 g/mol. The van der Waals surface area contributed by atoms with E-state index in [9.17, 15) is 14.4 Å². The topological polar surface area (TPSA) is 90.8 Å². The highest BCUT2D eigenvalue weighted by Gasteiger charge is 2.32. The molecule has 4 heterocycles. The van der Waals surface area contributed by atoms with Gasteiger partial charge in [-0.1, -0.05) is 20.8 Å². The number of carbonyl (C=O) groups excluding carboxylic acids is 2. The first-order valence-corrected chi connectivity index (χ1v) is 10.4. The second-order valence-corrected chi connectivity index (χ2v) is 9.20. The molecule has 2 aliphatic rings. The number of fused-ring (bicyclic) bond motifs is 2. The quantitative estimate of drug-likeness (QED) is 0.794. The second-order valence-electron chi connectivity index (χ2n) is 9.20. The van der Waals surface area contributed by atoms with E-state index in [1.54, 1.807) is 11.8 Å². The Hall–Kier alpha value is -2.64. The maximum Gasteiger partial charge on any atom is 0.277 e. The Bertz CT molecular complexity index is 1030. The van der Waals surface area contributed by atoms with Gasteiger partial charge in [0.15, 0.2) is 5.65 Å². The molecule has 1 saturated heterocycles. The van der Waals surface area contributed by atoms with Gasteiger partial charge in [0, 0.05) is 37.9 Å². The van der Waals surface area contributed by atoms with Crippen LogP contribution in [0.2, 0.25) is 0 Å². The molecule has 2 aliphatic heterocycles. The summed E-state index contributed by atoms with van der Waals surface area (Å²) in [7, 11) is 0. The third-order valence-electron chi connectivity index (χ3n) is 5.98. The maximum absolute atomic E-state index is 13.2. The first kappa shape index (κ1) is 19.7. The normalized spacial score (nSPS) is 20.1. The van der Waals surface area contributed by atoms with Gasteiger partial charge in [-0.25, -0.2) is 9.50 Å². The number of nitrogens with one attached hydrogen (secondary N) is 1. The lowest BCUT2D eigenvalue weighted by Gasteiger charge is -2.34. The number of hydrogen-bond donors (Lipinski definition) is 1. The molecule has 1 atom stereocenters. The summed E-state index contributed by atoms with van der Waals surface area (Å²) in [5, 5.41) is 3.19. The van der Waals surface area contributed by atoms with Crippen LogP contribution in [0.5, 0.6) is 0 Å². The Morgan fingerprint density at radius 2 is 1.97 bits per heavy atom. The summed E-state index contributed by atoms with van der Waals surface area (Å²) in [6.07, 6.45) is 3.49. The minimum atomic E-state index is -0.484. The van der Waals surface area contributed by atoms with Crippen LogP contribution in [0, 0.1) is 5.41 Å². The molecule has 156 valence electrons. The molecular formula is C21H29N5O3. The number of rotatable bonds is 1. The van der Waals surface area contributed by atoms with Crippen LogP contribution < -0.4 is 5.56 Å². The minimum absolute atomic E-state index is 0.0409. The smallest absolute Gasteiger partial charge is 0.277 e. The van der Waals surface area contributed by atoms with Crippen molar-refractivity contribution in [3.05, 3.63) is 33.4 Å². The SMILES string of the molecule is CC(=O)N1CCCC[C@H]1c1cc2nc3c(c(=O)n2[nH]1)CN(C(=O)C(C)(C)C)CC3. The van der Waals surface area contributed by atoms with Crippen LogP contribution in [-0.4, -0.2) is 49.3 Å². The van der Waals surface area contributed by atoms with Gasteiger partial charge in [0.1, 0.15) is 0 Å². The van der Waals surface area contributed by atoms with Crippen LogP contribution in [0.4, 0.5) is 0 Å². The second kappa shape index (κ2) is 7.00. The summed E-state index contributed by atoms with van der Waals surface area (Å²) in [6, 6.07) is 1.83. The predicted octanol–water partition coefficient (Wildman–Crippen LogP) is 2.03. The molecule has 4 rings (SSSR count). The lowest BCUT2D eigenvalue weighted by Crippen LogP contribution is -2.44. The molecule has 2 aromatic heterocycles. The molecule has 0 spiro atoms. The van der Waals surface area contributed by atoms with Gasteiger partial charge in [-0.2, -0.15) is 0 Å². The van der Waals surface area contributed by atoms with Crippen LogP contribution in [-0.2, 0) is 22.6 Å². The maximum atomic E-state index is 13.2. The Labute approximate surface area is 169 Å². The standard InChI is InChI=1S/C21H29N5O3/c1-13(27)25-9-6-5-7-17(25)16-11-18-22-15-8-10-24(20(29)21(2,3)4)12-14(15)19(28)26(18)23-16/h11,17,23H,5-10,12H2,1-4H3/t17-/m0/s1. The number of hydrogen-bond acceptors (Lipinski definition) is 4. The largest absolute Gasteiger partial charge is 0.337 e. The van der Waals surface area contributed by atoms with E-state index in [1.165, 1.54) is 4.52 Å². The van der Waals surface area contributed by atoms with E-state index in [2.05, 4.69) is 5.10 Å². The number of carbonyl (C=O) groups is 2. The fourth-order valence-corrected chi connectivity index (χ4v) is 4.45. The zero-order chi connectivity index (χ0) is 20.9. The molecule has 0 aliphatic carbocycles. The number of amides is 2. The number of piperidine rings is 1. The van der Waals surface area contributed by atoms with Crippen molar-refractivity contribution < 1.29 is 9.59 Å². The first-order valence-electron chi connectivity index (χ1n) is 10.4. The molecule has 0 unspecified atom stereocenters. The van der Waals surface area contributed by atoms with Crippen LogP contribution in [0.25, 0.3) is 5.65 Å². The van der Waals surface area contributed by atoms with Gasteiger partial charge in [0.2, 0.25) is 11.8 Å². The molecule has 0 aromatic carbocycles. The van der Waals surface area contributed by atoms with Crippen molar-refractivity contribution in [3.8, 4) is 0 Å². The van der Waals surface area contributed by atoms with Gasteiger partial charge in [-0.15, -0.1) is 0 Å². The molecule has 1 fully saturated rings. The van der Waals surface area contributed by atoms with E-state index in [-0.39, 0.29) is 30.0 Å². The summed E-state index contributed by atoms with van der Waals surface area (Å²) in [6.45, 7) is 8.86. The van der Waals surface area contributed by atoms with E-state index in [0.717, 1.165) is 37.2 Å². The number of aromatic amines is 1. The third-order valence-corrected chi connectivity index (χ3v) is 5.98. The van der Waals surface area contributed by atoms with Crippen LogP contribution >= 0.6 is 0 Å². The molecule has 1 N–H and O–H groups in total. The highest BCUT2D eigenvalue weighted by molar-refractivity contribution is 5.81. The average Bonchev–Trinajstić information content (AvgIpc) is 3.11. The summed E-state index contributed by atoms with van der Waals surface area (Å²) in [5.74, 6) is 0.0865. The first-order chi connectivity index (χ1) is 13.7. The van der Waals surface area contributed by atoms with Gasteiger partial charge in [0.05, 0.1) is 29.5 Å². The fourth-order valence-electron chi connectivity index (χ4n) is 4.45. The van der Waals surface area contributed by atoms with E-state index >= 15 is 0 Å². The molecule has 8 heteroatoms. The monoisotopic (exact) mass is 399 g/mol. The summed E-state index contributed by atoms with van der Waals surface area (Å²) < 4.78 is 1.46. The zero-order valence-electron chi connectivity index (χ0n) is 17.6. The van der Waals surface area contributed by atoms with E-state index < -0.39 is 5.41 Å². The lowest BCUT2D eigenvalue weighted by molar-refractivity contribution is -0.140. The summed E-state index contributed by atoms with van der Waals surface area (Å²) >= 11 is 0. The summed E-state index contributed by atoms with van der Waals surface area (Å²) in [5.41, 5.74) is 2.12. The van der Waals surface area contributed by atoms with Crippen LogP contribution in [0.1, 0.15) is 70.0 Å². The molecule has 0 bridgehead atoms. The van der Waals surface area contributed by atoms with Crippen molar-refractivity contribution in [1.82, 2.24) is 24.4 Å². The number of aromatic nitrogens is 3. The number of nitrogens with zero attached hydrogens (tertiary/aromatic N) is 4. The van der Waals surface area contributed by atoms with Crippen molar-refractivity contribution in [1.29, 1.82) is 0 Å². The Kier molecular flexibility index (Phi) is 4.75. The Morgan fingerprint density at radius 1 is 1.21 bits per heavy atom. The zero-order valence-corrected chi connectivity index (χ0v) is 17.6. The Balaban J connectivity index is 1.71. The molecule has 2 amide bonds. The van der Waals surface area contributed by atoms with Gasteiger partial charge < -0.3 is 9.80 Å². The van der Waals surface area contributed by atoms with Crippen molar-refractivity contribution in [3.63, 3.8) is 0 Å². The molecule has 2 aromatic rings. The highest BCUT2D eigenvalue weighted by atomic mass is 16.2. The molecule has 0 saturated carbocycles. The predicted molar refractivity (Wildman–Crippen MR) is 108 cm³/mol. The van der Waals surface area contributed by atoms with Crippen molar-refractivity contribution in [2.75, 3.05) is 13.1 Å². The molecule has 8 nitrogen and oxygen atoms in total. The molecule has 29 heavy (non-hydrogen) atoms.